The molecular formula is C18H28ClN3O2. The number of hydrogen-bond acceptors (Lipinski definition) is 4. The molecule has 0 bridgehead atoms. The van der Waals surface area contributed by atoms with Crippen LogP contribution in [0.5, 0.6) is 5.75 Å². The van der Waals surface area contributed by atoms with Gasteiger partial charge in [-0.05, 0) is 37.6 Å². The van der Waals surface area contributed by atoms with Crippen LogP contribution < -0.4 is 10.1 Å². The average Bonchev–Trinajstić information content (AvgIpc) is 3.14. The van der Waals surface area contributed by atoms with Gasteiger partial charge in [-0.15, -0.1) is 12.4 Å². The van der Waals surface area contributed by atoms with Crippen molar-refractivity contribution in [2.75, 3.05) is 45.9 Å². The lowest BCUT2D eigenvalue weighted by Gasteiger charge is -2.37. The molecule has 2 fully saturated rings. The summed E-state index contributed by atoms with van der Waals surface area (Å²) < 4.78 is 5.63. The van der Waals surface area contributed by atoms with E-state index < -0.39 is 0 Å². The van der Waals surface area contributed by atoms with E-state index in [0.29, 0.717) is 12.6 Å². The fraction of sp³-hybridized carbons (Fsp3) is 0.611. The predicted octanol–water partition coefficient (Wildman–Crippen LogP) is 2.02. The largest absolute Gasteiger partial charge is 0.494 e. The maximum Gasteiger partial charge on any atom is 0.254 e. The van der Waals surface area contributed by atoms with Crippen LogP contribution in [-0.4, -0.2) is 67.6 Å². The van der Waals surface area contributed by atoms with Crippen molar-refractivity contribution in [2.24, 2.45) is 0 Å². The van der Waals surface area contributed by atoms with Crippen LogP contribution in [0.4, 0.5) is 0 Å². The quantitative estimate of drug-likeness (QED) is 0.879. The smallest absolute Gasteiger partial charge is 0.254 e. The second-order valence-corrected chi connectivity index (χ2v) is 6.35. The highest BCUT2D eigenvalue weighted by Crippen LogP contribution is 2.17. The van der Waals surface area contributed by atoms with Crippen LogP contribution in [0.1, 0.15) is 30.1 Å². The zero-order valence-electron chi connectivity index (χ0n) is 14.4. The molecule has 2 heterocycles. The highest BCUT2D eigenvalue weighted by molar-refractivity contribution is 5.94. The molecule has 24 heavy (non-hydrogen) atoms. The van der Waals surface area contributed by atoms with Gasteiger partial charge in [0.25, 0.3) is 5.91 Å². The SMILES string of the molecule is CCCOc1cccc(C(=O)N2CCN(C3CCNC3)CC2)c1.Cl. The van der Waals surface area contributed by atoms with Gasteiger partial charge in [-0.25, -0.2) is 0 Å². The number of piperazine rings is 1. The van der Waals surface area contributed by atoms with E-state index in [9.17, 15) is 4.79 Å². The topological polar surface area (TPSA) is 44.8 Å². The number of benzene rings is 1. The van der Waals surface area contributed by atoms with Crippen molar-refractivity contribution in [1.29, 1.82) is 0 Å². The summed E-state index contributed by atoms with van der Waals surface area (Å²) in [7, 11) is 0. The molecule has 6 heteroatoms. The maximum absolute atomic E-state index is 12.7. The van der Waals surface area contributed by atoms with Crippen molar-refractivity contribution in [3.63, 3.8) is 0 Å². The molecule has 0 aromatic heterocycles. The van der Waals surface area contributed by atoms with E-state index in [2.05, 4.69) is 17.1 Å². The summed E-state index contributed by atoms with van der Waals surface area (Å²) >= 11 is 0. The molecule has 1 aromatic carbocycles. The molecule has 5 nitrogen and oxygen atoms in total. The van der Waals surface area contributed by atoms with Gasteiger partial charge in [-0.1, -0.05) is 13.0 Å². The monoisotopic (exact) mass is 353 g/mol. The van der Waals surface area contributed by atoms with Gasteiger partial charge in [0.1, 0.15) is 5.75 Å². The second-order valence-electron chi connectivity index (χ2n) is 6.35. The lowest BCUT2D eigenvalue weighted by Crippen LogP contribution is -2.52. The van der Waals surface area contributed by atoms with Crippen LogP contribution >= 0.6 is 12.4 Å². The van der Waals surface area contributed by atoms with Crippen LogP contribution in [0, 0.1) is 0 Å². The Morgan fingerprint density at radius 3 is 2.75 bits per heavy atom. The zero-order chi connectivity index (χ0) is 16.1. The molecule has 2 saturated heterocycles. The Labute approximate surface area is 150 Å². The Kier molecular flexibility index (Phi) is 7.34. The molecular weight excluding hydrogens is 326 g/mol. The standard InChI is InChI=1S/C18H27N3O2.ClH/c1-2-12-23-17-5-3-4-15(13-17)18(22)21-10-8-20(9-11-21)16-6-7-19-14-16;/h3-5,13,16,19H,2,6-12,14H2,1H3;1H. The summed E-state index contributed by atoms with van der Waals surface area (Å²) in [5.41, 5.74) is 0.731. The lowest BCUT2D eigenvalue weighted by molar-refractivity contribution is 0.0583. The number of amides is 1. The highest BCUT2D eigenvalue weighted by Gasteiger charge is 2.28. The molecule has 3 rings (SSSR count). The van der Waals surface area contributed by atoms with Crippen molar-refractivity contribution in [3.8, 4) is 5.75 Å². The van der Waals surface area contributed by atoms with Gasteiger partial charge in [0.2, 0.25) is 0 Å². The van der Waals surface area contributed by atoms with E-state index in [-0.39, 0.29) is 18.3 Å². The van der Waals surface area contributed by atoms with E-state index in [4.69, 9.17) is 4.74 Å². The summed E-state index contributed by atoms with van der Waals surface area (Å²) in [6.07, 6.45) is 2.20. The van der Waals surface area contributed by atoms with Gasteiger partial charge in [-0.2, -0.15) is 0 Å². The minimum atomic E-state index is 0. The molecule has 1 unspecified atom stereocenters. The second kappa shape index (κ2) is 9.25. The van der Waals surface area contributed by atoms with Crippen molar-refractivity contribution < 1.29 is 9.53 Å². The number of hydrogen-bond donors (Lipinski definition) is 1. The summed E-state index contributed by atoms with van der Waals surface area (Å²) in [6, 6.07) is 8.22. The number of rotatable bonds is 5. The fourth-order valence-corrected chi connectivity index (χ4v) is 3.36. The van der Waals surface area contributed by atoms with E-state index in [0.717, 1.165) is 57.0 Å². The minimum absolute atomic E-state index is 0. The molecule has 0 aliphatic carbocycles. The normalized spacial score (nSPS) is 21.4. The molecule has 0 saturated carbocycles. The molecule has 1 atom stereocenters. The Balaban J connectivity index is 0.00000208. The summed E-state index contributed by atoms with van der Waals surface area (Å²) in [5, 5.41) is 3.42. The molecule has 0 spiro atoms. The fourth-order valence-electron chi connectivity index (χ4n) is 3.36. The van der Waals surface area contributed by atoms with E-state index in [1.165, 1.54) is 6.42 Å². The van der Waals surface area contributed by atoms with Gasteiger partial charge in [0, 0.05) is 44.3 Å². The maximum atomic E-state index is 12.7. The first-order valence-corrected chi connectivity index (χ1v) is 8.75. The van der Waals surface area contributed by atoms with Gasteiger partial charge in [0.05, 0.1) is 6.61 Å². The summed E-state index contributed by atoms with van der Waals surface area (Å²) in [4.78, 5) is 17.2. The van der Waals surface area contributed by atoms with Crippen LogP contribution in [0.2, 0.25) is 0 Å². The first kappa shape index (κ1) is 19.0. The Morgan fingerprint density at radius 2 is 2.08 bits per heavy atom. The van der Waals surface area contributed by atoms with Crippen LogP contribution in [-0.2, 0) is 0 Å². The molecule has 1 amide bonds. The average molecular weight is 354 g/mol. The van der Waals surface area contributed by atoms with E-state index in [1.54, 1.807) is 0 Å². The molecule has 1 aromatic rings. The van der Waals surface area contributed by atoms with Crippen molar-refractivity contribution in [3.05, 3.63) is 29.8 Å². The van der Waals surface area contributed by atoms with Gasteiger partial charge in [-0.3, -0.25) is 9.69 Å². The number of nitrogens with one attached hydrogen (secondary N) is 1. The third kappa shape index (κ3) is 4.62. The van der Waals surface area contributed by atoms with Gasteiger partial charge in [0.15, 0.2) is 0 Å². The molecule has 0 radical (unpaired) electrons. The van der Waals surface area contributed by atoms with E-state index >= 15 is 0 Å². The Hall–Kier alpha value is -1.30. The molecule has 2 aliphatic rings. The van der Waals surface area contributed by atoms with Crippen LogP contribution in [0.3, 0.4) is 0 Å². The predicted molar refractivity (Wildman–Crippen MR) is 98.2 cm³/mol. The summed E-state index contributed by atoms with van der Waals surface area (Å²) in [6.45, 7) is 8.55. The third-order valence-electron chi connectivity index (χ3n) is 4.71. The first-order valence-electron chi connectivity index (χ1n) is 8.75. The first-order chi connectivity index (χ1) is 11.3. The zero-order valence-corrected chi connectivity index (χ0v) is 15.2. The van der Waals surface area contributed by atoms with Gasteiger partial charge >= 0.3 is 0 Å². The lowest BCUT2D eigenvalue weighted by atomic mass is 10.1. The van der Waals surface area contributed by atoms with Crippen molar-refractivity contribution >= 4 is 18.3 Å². The summed E-state index contributed by atoms with van der Waals surface area (Å²) in [5.74, 6) is 0.907. The number of carbonyl (C=O) groups excluding carboxylic acids is 1. The van der Waals surface area contributed by atoms with Crippen LogP contribution in [0.15, 0.2) is 24.3 Å². The molecule has 2 aliphatic heterocycles. The molecule has 134 valence electrons. The highest BCUT2D eigenvalue weighted by atomic mass is 35.5. The number of halogens is 1. The molecule has 1 N–H and O–H groups in total. The number of ether oxygens (including phenoxy) is 1. The third-order valence-corrected chi connectivity index (χ3v) is 4.71. The minimum Gasteiger partial charge on any atom is -0.494 e. The Morgan fingerprint density at radius 1 is 1.29 bits per heavy atom. The van der Waals surface area contributed by atoms with Gasteiger partial charge < -0.3 is 15.0 Å². The number of nitrogens with zero attached hydrogens (tertiary/aromatic N) is 2. The van der Waals surface area contributed by atoms with Crippen LogP contribution in [0.25, 0.3) is 0 Å². The van der Waals surface area contributed by atoms with Crippen molar-refractivity contribution in [2.45, 2.75) is 25.8 Å². The Bertz CT molecular complexity index is 527. The van der Waals surface area contributed by atoms with Crippen molar-refractivity contribution in [1.82, 2.24) is 15.1 Å². The number of carbonyl (C=O) groups is 1. The van der Waals surface area contributed by atoms with E-state index in [1.807, 2.05) is 29.2 Å².